The van der Waals surface area contributed by atoms with E-state index in [1.807, 2.05) is 6.20 Å². The normalized spacial score (nSPS) is 25.8. The number of carbonyl (C=O) groups is 2. The van der Waals surface area contributed by atoms with Gasteiger partial charge in [-0.15, -0.1) is 11.8 Å². The van der Waals surface area contributed by atoms with Crippen LogP contribution in [0.5, 0.6) is 0 Å². The maximum absolute atomic E-state index is 12.2. The molecule has 1 atom stereocenters. The Kier molecular flexibility index (Phi) is 2.92. The number of imidazole rings is 1. The molecule has 0 spiro atoms. The number of thioether (sulfide) groups is 1. The van der Waals surface area contributed by atoms with Crippen molar-refractivity contribution in [1.29, 1.82) is 0 Å². The monoisotopic (exact) mass is 318 g/mol. The van der Waals surface area contributed by atoms with Gasteiger partial charge in [0.15, 0.2) is 0 Å². The van der Waals surface area contributed by atoms with Crippen molar-refractivity contribution in [2.24, 2.45) is 0 Å². The minimum Gasteiger partial charge on any atom is -0.477 e. The molecule has 1 N–H and O–H groups in total. The summed E-state index contributed by atoms with van der Waals surface area (Å²) in [5.41, 5.74) is 1.43. The Balaban J connectivity index is 1.59. The largest absolute Gasteiger partial charge is 0.477 e. The zero-order valence-corrected chi connectivity index (χ0v) is 12.7. The average Bonchev–Trinajstić information content (AvgIpc) is 3.05. The number of fused-ring (bicyclic) bond motifs is 2. The van der Waals surface area contributed by atoms with E-state index in [2.05, 4.69) is 21.5 Å². The number of β-lactam (4-membered cyclic amide) rings is 1. The third kappa shape index (κ3) is 1.91. The molecule has 3 aliphatic rings. The predicted octanol–water partition coefficient (Wildman–Crippen LogP) is 0.553. The van der Waals surface area contributed by atoms with Gasteiger partial charge in [0.2, 0.25) is 0 Å². The molecule has 1 aromatic heterocycles. The highest BCUT2D eigenvalue weighted by molar-refractivity contribution is 8.03. The highest BCUT2D eigenvalue weighted by Gasteiger charge is 2.49. The molecular weight excluding hydrogens is 304 g/mol. The standard InChI is InChI=1S/C14H14N4O3S/c1-16-2-3-17-5-8(15-11(17)6-16)4-9-12(19)18-10(14(20)21)7-22-13(9)18/h4-5,7,13H,2-3,6H2,1H3,(H,20,21)/b9-4+. The summed E-state index contributed by atoms with van der Waals surface area (Å²) in [6.07, 6.45) is 3.73. The van der Waals surface area contributed by atoms with Gasteiger partial charge in [-0.25, -0.2) is 9.78 Å². The number of amides is 1. The van der Waals surface area contributed by atoms with Crippen LogP contribution in [0, 0.1) is 0 Å². The molecule has 1 saturated heterocycles. The summed E-state index contributed by atoms with van der Waals surface area (Å²) in [7, 11) is 2.05. The van der Waals surface area contributed by atoms with Gasteiger partial charge in [0.05, 0.1) is 17.8 Å². The lowest BCUT2D eigenvalue weighted by molar-refractivity contribution is -0.141. The lowest BCUT2D eigenvalue weighted by Gasteiger charge is -2.36. The number of hydrogen-bond donors (Lipinski definition) is 1. The van der Waals surface area contributed by atoms with Crippen LogP contribution in [0.4, 0.5) is 0 Å². The van der Waals surface area contributed by atoms with Crippen LogP contribution < -0.4 is 0 Å². The fourth-order valence-electron chi connectivity index (χ4n) is 2.89. The van der Waals surface area contributed by atoms with Crippen LogP contribution in [0.1, 0.15) is 11.5 Å². The zero-order valence-electron chi connectivity index (χ0n) is 11.9. The van der Waals surface area contributed by atoms with Crippen LogP contribution in [0.3, 0.4) is 0 Å². The minimum atomic E-state index is -1.07. The summed E-state index contributed by atoms with van der Waals surface area (Å²) < 4.78 is 2.11. The first-order valence-electron chi connectivity index (χ1n) is 6.93. The maximum atomic E-state index is 12.2. The van der Waals surface area contributed by atoms with E-state index in [0.717, 1.165) is 31.2 Å². The number of rotatable bonds is 2. The van der Waals surface area contributed by atoms with Crippen molar-refractivity contribution < 1.29 is 14.7 Å². The number of likely N-dealkylation sites (N-methyl/N-ethyl adjacent to an activating group) is 1. The lowest BCUT2D eigenvalue weighted by atomic mass is 10.0. The van der Waals surface area contributed by atoms with Gasteiger partial charge >= 0.3 is 5.97 Å². The second kappa shape index (κ2) is 4.72. The second-order valence-corrected chi connectivity index (χ2v) is 6.54. The van der Waals surface area contributed by atoms with E-state index in [9.17, 15) is 9.59 Å². The fraction of sp³-hybridized carbons (Fsp3) is 0.357. The van der Waals surface area contributed by atoms with Crippen molar-refractivity contribution in [3.63, 3.8) is 0 Å². The van der Waals surface area contributed by atoms with Gasteiger partial charge in [-0.3, -0.25) is 14.6 Å². The Morgan fingerprint density at radius 2 is 2.32 bits per heavy atom. The van der Waals surface area contributed by atoms with E-state index < -0.39 is 5.97 Å². The van der Waals surface area contributed by atoms with E-state index in [1.54, 1.807) is 6.08 Å². The summed E-state index contributed by atoms with van der Waals surface area (Å²) in [6.45, 7) is 2.67. The molecular formula is C14H14N4O3S. The highest BCUT2D eigenvalue weighted by atomic mass is 32.2. The summed E-state index contributed by atoms with van der Waals surface area (Å²) in [6, 6.07) is 0. The molecule has 4 heterocycles. The van der Waals surface area contributed by atoms with Gasteiger partial charge in [-0.1, -0.05) is 0 Å². The van der Waals surface area contributed by atoms with Gasteiger partial charge in [-0.05, 0) is 13.1 Å². The molecule has 7 nitrogen and oxygen atoms in total. The first-order valence-corrected chi connectivity index (χ1v) is 7.87. The van der Waals surface area contributed by atoms with Crippen LogP contribution in [-0.2, 0) is 22.7 Å². The van der Waals surface area contributed by atoms with E-state index in [1.165, 1.54) is 22.1 Å². The third-order valence-corrected chi connectivity index (χ3v) is 5.15. The minimum absolute atomic E-state index is 0.0582. The van der Waals surface area contributed by atoms with Crippen molar-refractivity contribution in [2.75, 3.05) is 13.6 Å². The molecule has 1 aromatic rings. The number of carboxylic acid groups (broad SMARTS) is 1. The predicted molar refractivity (Wildman–Crippen MR) is 80.5 cm³/mol. The molecule has 3 aliphatic heterocycles. The molecule has 0 aliphatic carbocycles. The molecule has 1 amide bonds. The molecule has 0 radical (unpaired) electrons. The van der Waals surface area contributed by atoms with Crippen LogP contribution >= 0.6 is 11.8 Å². The molecule has 1 fully saturated rings. The zero-order chi connectivity index (χ0) is 15.4. The van der Waals surface area contributed by atoms with Crippen molar-refractivity contribution in [1.82, 2.24) is 19.4 Å². The lowest BCUT2D eigenvalue weighted by Crippen LogP contribution is -2.51. The number of aliphatic carboxylic acids is 1. The quantitative estimate of drug-likeness (QED) is 0.634. The van der Waals surface area contributed by atoms with Crippen molar-refractivity contribution in [2.45, 2.75) is 18.5 Å². The highest BCUT2D eigenvalue weighted by Crippen LogP contribution is 2.45. The first-order chi connectivity index (χ1) is 10.5. The van der Waals surface area contributed by atoms with Gasteiger partial charge in [-0.2, -0.15) is 0 Å². The topological polar surface area (TPSA) is 78.7 Å². The summed E-state index contributed by atoms with van der Waals surface area (Å²) in [5, 5.41) is 10.4. The summed E-state index contributed by atoms with van der Waals surface area (Å²) in [4.78, 5) is 31.3. The second-order valence-electron chi connectivity index (χ2n) is 5.58. The van der Waals surface area contributed by atoms with E-state index in [0.29, 0.717) is 5.57 Å². The van der Waals surface area contributed by atoms with Gasteiger partial charge in [0.25, 0.3) is 5.91 Å². The van der Waals surface area contributed by atoms with Crippen LogP contribution in [0.2, 0.25) is 0 Å². The number of hydrogen-bond acceptors (Lipinski definition) is 5. The van der Waals surface area contributed by atoms with Gasteiger partial charge in [0, 0.05) is 24.7 Å². The average molecular weight is 318 g/mol. The van der Waals surface area contributed by atoms with Crippen molar-refractivity contribution >= 4 is 29.7 Å². The van der Waals surface area contributed by atoms with Crippen molar-refractivity contribution in [3.8, 4) is 0 Å². The van der Waals surface area contributed by atoms with Gasteiger partial charge in [0.1, 0.15) is 16.9 Å². The molecule has 1 unspecified atom stereocenters. The Bertz CT molecular complexity index is 751. The Morgan fingerprint density at radius 1 is 1.50 bits per heavy atom. The molecule has 0 saturated carbocycles. The summed E-state index contributed by atoms with van der Waals surface area (Å²) >= 11 is 1.35. The SMILES string of the molecule is CN1CCn2cc(/C=C3\C(=O)N4C(C(=O)O)=CSC34)nc2C1. The molecule has 22 heavy (non-hydrogen) atoms. The number of aromatic nitrogens is 2. The van der Waals surface area contributed by atoms with Crippen molar-refractivity contribution in [3.05, 3.63) is 34.4 Å². The number of carboxylic acids is 1. The maximum Gasteiger partial charge on any atom is 0.353 e. The molecule has 0 aromatic carbocycles. The Hall–Kier alpha value is -2.06. The van der Waals surface area contributed by atoms with Crippen LogP contribution in [-0.4, -0.2) is 55.3 Å². The van der Waals surface area contributed by atoms with Gasteiger partial charge < -0.3 is 9.67 Å². The van der Waals surface area contributed by atoms with E-state index in [4.69, 9.17) is 5.11 Å². The Morgan fingerprint density at radius 3 is 3.09 bits per heavy atom. The Labute approximate surface area is 130 Å². The fourth-order valence-corrected chi connectivity index (χ4v) is 4.01. The van der Waals surface area contributed by atoms with Crippen LogP contribution in [0.25, 0.3) is 6.08 Å². The smallest absolute Gasteiger partial charge is 0.353 e. The molecule has 114 valence electrons. The first kappa shape index (κ1) is 13.6. The van der Waals surface area contributed by atoms with E-state index >= 15 is 0 Å². The van der Waals surface area contributed by atoms with Crippen LogP contribution in [0.15, 0.2) is 22.9 Å². The molecule has 0 bridgehead atoms. The van der Waals surface area contributed by atoms with E-state index in [-0.39, 0.29) is 17.0 Å². The third-order valence-electron chi connectivity index (χ3n) is 4.07. The molecule has 8 heteroatoms. The summed E-state index contributed by atoms with van der Waals surface area (Å²) in [5.74, 6) is -0.317. The molecule has 4 rings (SSSR count). The number of carbonyl (C=O) groups excluding carboxylic acids is 1. The number of nitrogens with zero attached hydrogens (tertiary/aromatic N) is 4.